The molecule has 1 fully saturated rings. The fourth-order valence-electron chi connectivity index (χ4n) is 2.60. The molecule has 10 heteroatoms. The molecular formula is C12H13F2N5O2S. The predicted octanol–water partition coefficient (Wildman–Crippen LogP) is 2.21. The average Bonchev–Trinajstić information content (AvgIpc) is 3.17. The minimum Gasteiger partial charge on any atom is -0.476 e. The van der Waals surface area contributed by atoms with E-state index in [0.717, 1.165) is 9.81 Å². The van der Waals surface area contributed by atoms with Crippen molar-refractivity contribution in [3.8, 4) is 0 Å². The van der Waals surface area contributed by atoms with Crippen molar-refractivity contribution in [1.82, 2.24) is 20.0 Å². The van der Waals surface area contributed by atoms with E-state index in [1.165, 1.54) is 11.3 Å². The van der Waals surface area contributed by atoms with E-state index in [1.807, 2.05) is 5.38 Å². The molecule has 1 aliphatic heterocycles. The lowest BCUT2D eigenvalue weighted by atomic mass is 10.1. The Labute approximate surface area is 128 Å². The first-order valence-electron chi connectivity index (χ1n) is 6.69. The summed E-state index contributed by atoms with van der Waals surface area (Å²) in [7, 11) is 0. The Bertz CT molecular complexity index is 653. The van der Waals surface area contributed by atoms with Gasteiger partial charge in [0.1, 0.15) is 5.69 Å². The van der Waals surface area contributed by atoms with E-state index >= 15 is 0 Å². The number of aromatic nitrogens is 4. The summed E-state index contributed by atoms with van der Waals surface area (Å²) >= 11 is 1.52. The van der Waals surface area contributed by atoms with Crippen LogP contribution in [0.1, 0.15) is 41.5 Å². The van der Waals surface area contributed by atoms with E-state index < -0.39 is 23.8 Å². The largest absolute Gasteiger partial charge is 0.476 e. The molecule has 1 saturated heterocycles. The number of rotatable bonds is 4. The molecule has 0 radical (unpaired) electrons. The highest BCUT2D eigenvalue weighted by atomic mass is 32.1. The van der Waals surface area contributed by atoms with Gasteiger partial charge in [0.2, 0.25) is 0 Å². The van der Waals surface area contributed by atoms with Crippen LogP contribution in [0, 0.1) is 0 Å². The molecule has 1 N–H and O–H groups in total. The number of aromatic carboxylic acids is 1. The highest BCUT2D eigenvalue weighted by molar-refractivity contribution is 7.13. The van der Waals surface area contributed by atoms with Gasteiger partial charge in [-0.05, 0) is 12.8 Å². The molecule has 2 aromatic heterocycles. The van der Waals surface area contributed by atoms with E-state index in [4.69, 9.17) is 5.11 Å². The number of carbonyl (C=O) groups is 1. The van der Waals surface area contributed by atoms with Gasteiger partial charge < -0.3 is 10.0 Å². The van der Waals surface area contributed by atoms with E-state index in [9.17, 15) is 13.6 Å². The first-order chi connectivity index (χ1) is 10.6. The van der Waals surface area contributed by atoms with Gasteiger partial charge in [-0.15, -0.1) is 16.4 Å². The first kappa shape index (κ1) is 14.8. The molecule has 0 unspecified atom stereocenters. The van der Waals surface area contributed by atoms with Crippen molar-refractivity contribution in [3.63, 3.8) is 0 Å². The fourth-order valence-corrected chi connectivity index (χ4v) is 3.30. The maximum atomic E-state index is 13.2. The summed E-state index contributed by atoms with van der Waals surface area (Å²) < 4.78 is 27.4. The second-order valence-corrected chi connectivity index (χ2v) is 5.78. The molecule has 0 amide bonds. The summed E-state index contributed by atoms with van der Waals surface area (Å²) in [6, 6.07) is -0.277. The second-order valence-electron chi connectivity index (χ2n) is 4.91. The average molecular weight is 329 g/mol. The van der Waals surface area contributed by atoms with Crippen molar-refractivity contribution in [2.24, 2.45) is 0 Å². The van der Waals surface area contributed by atoms with Crippen molar-refractivity contribution in [1.29, 1.82) is 0 Å². The zero-order chi connectivity index (χ0) is 15.7. The molecule has 0 saturated carbocycles. The van der Waals surface area contributed by atoms with Crippen molar-refractivity contribution >= 4 is 22.4 Å². The third-order valence-corrected chi connectivity index (χ3v) is 4.47. The maximum absolute atomic E-state index is 13.2. The lowest BCUT2D eigenvalue weighted by molar-refractivity contribution is 0.0674. The topological polar surface area (TPSA) is 84.1 Å². The molecule has 22 heavy (non-hydrogen) atoms. The van der Waals surface area contributed by atoms with Gasteiger partial charge in [-0.1, -0.05) is 5.21 Å². The highest BCUT2D eigenvalue weighted by Gasteiger charge is 2.31. The van der Waals surface area contributed by atoms with Crippen LogP contribution >= 0.6 is 11.3 Å². The Hall–Kier alpha value is -2.10. The molecule has 3 rings (SSSR count). The van der Waals surface area contributed by atoms with Crippen LogP contribution in [0.2, 0.25) is 0 Å². The summed E-state index contributed by atoms with van der Waals surface area (Å²) in [6.45, 7) is 1.31. The number of carboxylic acids is 1. The van der Waals surface area contributed by atoms with Gasteiger partial charge in [0.05, 0.1) is 6.04 Å². The van der Waals surface area contributed by atoms with Crippen LogP contribution in [0.15, 0.2) is 11.6 Å². The lowest BCUT2D eigenvalue weighted by Gasteiger charge is -2.32. The predicted molar refractivity (Wildman–Crippen MR) is 74.5 cm³/mol. The summed E-state index contributed by atoms with van der Waals surface area (Å²) in [6.07, 6.45) is -0.0286. The Kier molecular flexibility index (Phi) is 4.01. The Balaban J connectivity index is 1.78. The molecule has 0 spiro atoms. The number of carboxylic acid groups (broad SMARTS) is 1. The van der Waals surface area contributed by atoms with Crippen LogP contribution in [0.25, 0.3) is 0 Å². The number of alkyl halides is 2. The molecule has 3 heterocycles. The van der Waals surface area contributed by atoms with Crippen molar-refractivity contribution < 1.29 is 18.7 Å². The third-order valence-electron chi connectivity index (χ3n) is 3.64. The molecule has 0 bridgehead atoms. The highest BCUT2D eigenvalue weighted by Crippen LogP contribution is 2.31. The van der Waals surface area contributed by atoms with Gasteiger partial charge in [-0.2, -0.15) is 0 Å². The number of hydrogen-bond donors (Lipinski definition) is 1. The van der Waals surface area contributed by atoms with E-state index in [2.05, 4.69) is 20.2 Å². The van der Waals surface area contributed by atoms with Crippen LogP contribution in [0.4, 0.5) is 13.9 Å². The molecule has 1 aliphatic rings. The molecule has 0 aromatic carbocycles. The van der Waals surface area contributed by atoms with Gasteiger partial charge >= 0.3 is 5.97 Å². The summed E-state index contributed by atoms with van der Waals surface area (Å²) in [5, 5.41) is 18.7. The number of piperidine rings is 1. The standard InChI is InChI=1S/C12H13F2N5O2S/c13-10(14)9-8(11(20)21)16-17-19(9)7-1-4-18(5-2-7)12-15-3-6-22-12/h3,6-7,10H,1-2,4-5H2,(H,20,21). The Morgan fingerprint density at radius 3 is 2.68 bits per heavy atom. The quantitative estimate of drug-likeness (QED) is 0.926. The minimum absolute atomic E-state index is 0.277. The first-order valence-corrected chi connectivity index (χ1v) is 7.57. The summed E-state index contributed by atoms with van der Waals surface area (Å²) in [5.41, 5.74) is -1.28. The molecular weight excluding hydrogens is 316 g/mol. The van der Waals surface area contributed by atoms with Crippen molar-refractivity contribution in [3.05, 3.63) is 23.0 Å². The van der Waals surface area contributed by atoms with Gasteiger partial charge in [0, 0.05) is 24.7 Å². The third kappa shape index (κ3) is 2.65. The van der Waals surface area contributed by atoms with Gasteiger partial charge in [-0.25, -0.2) is 23.2 Å². The number of thiazole rings is 1. The lowest BCUT2D eigenvalue weighted by Crippen LogP contribution is -2.35. The summed E-state index contributed by atoms with van der Waals surface area (Å²) in [4.78, 5) is 17.3. The van der Waals surface area contributed by atoms with Crippen molar-refractivity contribution in [2.75, 3.05) is 18.0 Å². The van der Waals surface area contributed by atoms with Crippen LogP contribution in [0.3, 0.4) is 0 Å². The van der Waals surface area contributed by atoms with E-state index in [1.54, 1.807) is 6.20 Å². The zero-order valence-corrected chi connectivity index (χ0v) is 12.2. The number of halogens is 2. The normalized spacial score (nSPS) is 16.4. The SMILES string of the molecule is O=C(O)c1nnn(C2CCN(c3nccs3)CC2)c1C(F)F. The van der Waals surface area contributed by atoms with Crippen molar-refractivity contribution in [2.45, 2.75) is 25.3 Å². The van der Waals surface area contributed by atoms with Crippen LogP contribution < -0.4 is 4.90 Å². The van der Waals surface area contributed by atoms with Crippen LogP contribution in [-0.4, -0.2) is 44.1 Å². The van der Waals surface area contributed by atoms with Gasteiger partial charge in [-0.3, -0.25) is 0 Å². The molecule has 0 aliphatic carbocycles. The molecule has 2 aromatic rings. The minimum atomic E-state index is -2.92. The summed E-state index contributed by atoms with van der Waals surface area (Å²) in [5.74, 6) is -1.48. The van der Waals surface area contributed by atoms with Gasteiger partial charge in [0.25, 0.3) is 6.43 Å². The van der Waals surface area contributed by atoms with Gasteiger partial charge in [0.15, 0.2) is 10.8 Å². The van der Waals surface area contributed by atoms with E-state index in [0.29, 0.717) is 25.9 Å². The monoisotopic (exact) mass is 329 g/mol. The van der Waals surface area contributed by atoms with Crippen LogP contribution in [-0.2, 0) is 0 Å². The molecule has 118 valence electrons. The zero-order valence-electron chi connectivity index (χ0n) is 11.4. The fraction of sp³-hybridized carbons (Fsp3) is 0.500. The van der Waals surface area contributed by atoms with Crippen LogP contribution in [0.5, 0.6) is 0 Å². The van der Waals surface area contributed by atoms with E-state index in [-0.39, 0.29) is 6.04 Å². The number of nitrogens with zero attached hydrogens (tertiary/aromatic N) is 5. The smallest absolute Gasteiger partial charge is 0.358 e. The Morgan fingerprint density at radius 2 is 2.14 bits per heavy atom. The maximum Gasteiger partial charge on any atom is 0.358 e. The second kappa shape index (κ2) is 5.95. The molecule has 7 nitrogen and oxygen atoms in total. The number of hydrogen-bond acceptors (Lipinski definition) is 6. The molecule has 0 atom stereocenters. The number of anilines is 1. The Morgan fingerprint density at radius 1 is 1.41 bits per heavy atom.